The van der Waals surface area contributed by atoms with E-state index >= 15 is 0 Å². The van der Waals surface area contributed by atoms with Gasteiger partial charge in [-0.1, -0.05) is 64.9 Å². The lowest BCUT2D eigenvalue weighted by Crippen LogP contribution is -2.29. The highest BCUT2D eigenvalue weighted by molar-refractivity contribution is 9.10. The van der Waals surface area contributed by atoms with Crippen molar-refractivity contribution in [1.29, 1.82) is 0 Å². The summed E-state index contributed by atoms with van der Waals surface area (Å²) in [4.78, 5) is 12.3. The average molecular weight is 481 g/mol. The summed E-state index contributed by atoms with van der Waals surface area (Å²) in [6, 6.07) is 20.2. The number of hydrogen-bond donors (Lipinski definition) is 1. The molecule has 0 bridgehead atoms. The molecule has 1 heterocycles. The molecule has 1 saturated carbocycles. The molecule has 3 aromatic rings. The van der Waals surface area contributed by atoms with E-state index in [1.807, 2.05) is 30.5 Å². The van der Waals surface area contributed by atoms with Crippen LogP contribution in [0.2, 0.25) is 0 Å². The van der Waals surface area contributed by atoms with Crippen molar-refractivity contribution in [3.63, 3.8) is 0 Å². The lowest BCUT2D eigenvalue weighted by molar-refractivity contribution is 0.305. The molecular weight excluding hydrogens is 452 g/mol. The minimum atomic E-state index is 0. The van der Waals surface area contributed by atoms with Crippen molar-refractivity contribution in [2.24, 2.45) is 5.16 Å². The number of rotatable bonds is 6. The van der Waals surface area contributed by atoms with Gasteiger partial charge in [0.25, 0.3) is 5.56 Å². The second-order valence-electron chi connectivity index (χ2n) is 7.96. The van der Waals surface area contributed by atoms with E-state index in [1.54, 1.807) is 16.7 Å². The van der Waals surface area contributed by atoms with E-state index in [0.29, 0.717) is 12.1 Å². The molecule has 1 atom stereocenters. The van der Waals surface area contributed by atoms with Crippen LogP contribution in [0.4, 0.5) is 0 Å². The smallest absolute Gasteiger partial charge is 0.250 e. The van der Waals surface area contributed by atoms with Crippen molar-refractivity contribution < 1.29 is 5.21 Å². The number of nitrogens with zero attached hydrogens (tertiary/aromatic N) is 2. The van der Waals surface area contributed by atoms with Crippen LogP contribution in [0.25, 0.3) is 0 Å². The van der Waals surface area contributed by atoms with Gasteiger partial charge in [-0.3, -0.25) is 4.79 Å². The summed E-state index contributed by atoms with van der Waals surface area (Å²) in [5, 5.41) is 13.6. The summed E-state index contributed by atoms with van der Waals surface area (Å²) in [7, 11) is 0. The molecule has 0 saturated heterocycles. The lowest BCUT2D eigenvalue weighted by Gasteiger charge is -2.28. The molecule has 0 radical (unpaired) electrons. The fraction of sp³-hybridized carbons (Fsp3) is 0.308. The second kappa shape index (κ2) is 10.1. The van der Waals surface area contributed by atoms with Crippen LogP contribution in [0, 0.1) is 6.92 Å². The SMILES string of the molecule is C.Cc1ccccc1C(C/C(=N/O)c1ccc(=O)n(C2CCC2)c1)c1ccc(Br)cc1. The molecule has 4 rings (SSSR count). The maximum absolute atomic E-state index is 12.3. The third-order valence-electron chi connectivity index (χ3n) is 6.09. The highest BCUT2D eigenvalue weighted by Crippen LogP contribution is 2.33. The van der Waals surface area contributed by atoms with Crippen LogP contribution in [-0.2, 0) is 0 Å². The van der Waals surface area contributed by atoms with E-state index in [9.17, 15) is 10.0 Å². The van der Waals surface area contributed by atoms with E-state index < -0.39 is 0 Å². The van der Waals surface area contributed by atoms with Gasteiger partial charge in [0.05, 0.1) is 5.71 Å². The topological polar surface area (TPSA) is 54.6 Å². The quantitative estimate of drug-likeness (QED) is 0.243. The molecule has 1 aromatic heterocycles. The van der Waals surface area contributed by atoms with Gasteiger partial charge in [0.2, 0.25) is 0 Å². The molecule has 2 aromatic carbocycles. The predicted molar refractivity (Wildman–Crippen MR) is 130 cm³/mol. The Morgan fingerprint density at radius 3 is 2.45 bits per heavy atom. The number of oxime groups is 1. The van der Waals surface area contributed by atoms with Gasteiger partial charge in [-0.25, -0.2) is 0 Å². The third-order valence-corrected chi connectivity index (χ3v) is 6.62. The van der Waals surface area contributed by atoms with Crippen molar-refractivity contribution in [1.82, 2.24) is 4.57 Å². The van der Waals surface area contributed by atoms with Gasteiger partial charge in [0, 0.05) is 40.7 Å². The Kier molecular flexibility index (Phi) is 7.50. The van der Waals surface area contributed by atoms with Crippen LogP contribution in [0.3, 0.4) is 0 Å². The molecule has 1 unspecified atom stereocenters. The predicted octanol–water partition coefficient (Wildman–Crippen LogP) is 6.68. The lowest BCUT2D eigenvalue weighted by atomic mass is 9.83. The summed E-state index contributed by atoms with van der Waals surface area (Å²) in [6.07, 6.45) is 5.60. The Bertz CT molecular complexity index is 1110. The van der Waals surface area contributed by atoms with Crippen molar-refractivity contribution in [3.8, 4) is 0 Å². The first-order valence-electron chi connectivity index (χ1n) is 10.3. The number of aromatic nitrogens is 1. The van der Waals surface area contributed by atoms with Crippen LogP contribution < -0.4 is 5.56 Å². The molecule has 1 aliphatic carbocycles. The molecule has 0 amide bonds. The van der Waals surface area contributed by atoms with Crippen LogP contribution in [0.5, 0.6) is 0 Å². The number of hydrogen-bond acceptors (Lipinski definition) is 3. The van der Waals surface area contributed by atoms with Crippen LogP contribution in [-0.4, -0.2) is 15.5 Å². The Morgan fingerprint density at radius 2 is 1.84 bits per heavy atom. The van der Waals surface area contributed by atoms with E-state index in [1.165, 1.54) is 11.1 Å². The minimum Gasteiger partial charge on any atom is -0.411 e. The van der Waals surface area contributed by atoms with Crippen LogP contribution in [0.1, 0.15) is 67.3 Å². The second-order valence-corrected chi connectivity index (χ2v) is 8.88. The molecule has 1 N–H and O–H groups in total. The minimum absolute atomic E-state index is 0. The highest BCUT2D eigenvalue weighted by Gasteiger charge is 2.23. The van der Waals surface area contributed by atoms with E-state index in [0.717, 1.165) is 34.9 Å². The molecule has 0 spiro atoms. The van der Waals surface area contributed by atoms with Gasteiger partial charge >= 0.3 is 0 Å². The van der Waals surface area contributed by atoms with E-state index in [2.05, 4.69) is 52.3 Å². The van der Waals surface area contributed by atoms with Gasteiger partial charge in [-0.05, 0) is 61.1 Å². The molecule has 31 heavy (non-hydrogen) atoms. The molecular formula is C26H29BrN2O2. The molecule has 1 fully saturated rings. The summed E-state index contributed by atoms with van der Waals surface area (Å²) < 4.78 is 2.82. The van der Waals surface area contributed by atoms with Crippen molar-refractivity contribution in [2.75, 3.05) is 0 Å². The van der Waals surface area contributed by atoms with Gasteiger partial charge < -0.3 is 9.77 Å². The Hall–Kier alpha value is -2.66. The average Bonchev–Trinajstić information content (AvgIpc) is 2.71. The van der Waals surface area contributed by atoms with Crippen molar-refractivity contribution in [2.45, 2.75) is 52.0 Å². The fourth-order valence-electron chi connectivity index (χ4n) is 4.11. The first kappa shape index (κ1) is 23.0. The third kappa shape index (κ3) is 4.99. The largest absolute Gasteiger partial charge is 0.411 e. The molecule has 162 valence electrons. The summed E-state index contributed by atoms with van der Waals surface area (Å²) >= 11 is 3.51. The number of pyridine rings is 1. The monoisotopic (exact) mass is 480 g/mol. The normalized spacial score (nSPS) is 15.1. The van der Waals surface area contributed by atoms with E-state index in [4.69, 9.17) is 0 Å². The molecule has 1 aliphatic rings. The Balaban J connectivity index is 0.00000272. The van der Waals surface area contributed by atoms with Crippen LogP contribution >= 0.6 is 15.9 Å². The van der Waals surface area contributed by atoms with E-state index in [-0.39, 0.29) is 24.9 Å². The Morgan fingerprint density at radius 1 is 1.13 bits per heavy atom. The number of halogens is 1. The van der Waals surface area contributed by atoms with Gasteiger partial charge in [-0.15, -0.1) is 0 Å². The van der Waals surface area contributed by atoms with Gasteiger partial charge in [0.15, 0.2) is 0 Å². The Labute approximate surface area is 192 Å². The fourth-order valence-corrected chi connectivity index (χ4v) is 4.38. The number of aryl methyl sites for hydroxylation is 1. The maximum atomic E-state index is 12.3. The molecule has 4 nitrogen and oxygen atoms in total. The highest BCUT2D eigenvalue weighted by atomic mass is 79.9. The zero-order valence-corrected chi connectivity index (χ0v) is 18.5. The number of benzene rings is 2. The molecule has 0 aliphatic heterocycles. The molecule has 5 heteroatoms. The van der Waals surface area contributed by atoms with Crippen molar-refractivity contribution >= 4 is 21.6 Å². The summed E-state index contributed by atoms with van der Waals surface area (Å²) in [6.45, 7) is 2.10. The zero-order valence-electron chi connectivity index (χ0n) is 17.0. The standard InChI is InChI=1S/C25H25BrN2O2.CH4/c1-17-5-2-3-8-22(17)23(18-9-12-20(26)13-10-18)15-24(27-30)19-11-14-25(29)28(16-19)21-6-4-7-21;/h2-3,5,8-14,16,21,23,30H,4,6-7,15H2,1H3;1H4/b27-24-;. The van der Waals surface area contributed by atoms with Gasteiger partial charge in [0.1, 0.15) is 0 Å². The summed E-state index contributed by atoms with van der Waals surface area (Å²) in [5.41, 5.74) is 4.93. The first-order valence-corrected chi connectivity index (χ1v) is 11.1. The zero-order chi connectivity index (χ0) is 21.1. The van der Waals surface area contributed by atoms with Crippen LogP contribution in [0.15, 0.2) is 81.3 Å². The van der Waals surface area contributed by atoms with Gasteiger partial charge in [-0.2, -0.15) is 0 Å². The summed E-state index contributed by atoms with van der Waals surface area (Å²) in [5.74, 6) is 0.0364. The van der Waals surface area contributed by atoms with Crippen molar-refractivity contribution in [3.05, 3.63) is 104 Å². The maximum Gasteiger partial charge on any atom is 0.250 e. The first-order chi connectivity index (χ1) is 14.6.